The number of nitrogens with one attached hydrogen (secondary N) is 3. The van der Waals surface area contributed by atoms with E-state index in [9.17, 15) is 34.2 Å². The number of nitrogens with zero attached hydrogens (tertiary/aromatic N) is 2. The lowest BCUT2D eigenvalue weighted by atomic mass is 10.0. The predicted octanol–water partition coefficient (Wildman–Crippen LogP) is -0.999. The van der Waals surface area contributed by atoms with E-state index in [1.807, 2.05) is 24.3 Å². The van der Waals surface area contributed by atoms with Crippen LogP contribution in [-0.2, 0) is 30.4 Å². The highest BCUT2D eigenvalue weighted by Gasteiger charge is 2.38. The minimum absolute atomic E-state index is 0.0314. The van der Waals surface area contributed by atoms with E-state index in [2.05, 4.69) is 20.6 Å². The Kier molecular flexibility index (Phi) is 11.2. The van der Waals surface area contributed by atoms with Crippen LogP contribution in [0.15, 0.2) is 35.5 Å². The number of carbonyl (C=O) groups is 5. The number of hydrogen-bond acceptors (Lipinski definition) is 7. The minimum Gasteiger partial charge on any atom is -0.481 e. The molecular formula is C27H38N8O7. The third-order valence-electron chi connectivity index (χ3n) is 7.12. The maximum absolute atomic E-state index is 13.6. The Labute approximate surface area is 241 Å². The number of carbonyl (C=O) groups excluding carboxylic acids is 3. The van der Waals surface area contributed by atoms with Gasteiger partial charge in [0.25, 0.3) is 0 Å². The predicted molar refractivity (Wildman–Crippen MR) is 153 cm³/mol. The maximum atomic E-state index is 13.6. The molecule has 0 saturated carbocycles. The molecule has 15 heteroatoms. The third kappa shape index (κ3) is 8.67. The lowest BCUT2D eigenvalue weighted by molar-refractivity contribution is -0.150. The lowest BCUT2D eigenvalue weighted by Crippen LogP contribution is -2.57. The zero-order valence-electron chi connectivity index (χ0n) is 23.1. The van der Waals surface area contributed by atoms with Crippen LogP contribution in [0, 0.1) is 0 Å². The van der Waals surface area contributed by atoms with Gasteiger partial charge in [0.2, 0.25) is 17.7 Å². The van der Waals surface area contributed by atoms with Crippen LogP contribution >= 0.6 is 0 Å². The first kappa shape index (κ1) is 31.9. The summed E-state index contributed by atoms with van der Waals surface area (Å²) in [4.78, 5) is 71.1. The molecular weight excluding hydrogens is 548 g/mol. The summed E-state index contributed by atoms with van der Waals surface area (Å²) in [6, 6.07) is 2.83. The Morgan fingerprint density at radius 1 is 1.05 bits per heavy atom. The van der Waals surface area contributed by atoms with E-state index in [0.717, 1.165) is 15.8 Å². The largest absolute Gasteiger partial charge is 0.481 e. The molecule has 4 atom stereocenters. The quantitative estimate of drug-likeness (QED) is 0.0717. The van der Waals surface area contributed by atoms with Crippen molar-refractivity contribution in [2.75, 3.05) is 13.1 Å². The molecule has 4 unspecified atom stereocenters. The molecule has 1 aliphatic heterocycles. The van der Waals surface area contributed by atoms with Gasteiger partial charge in [0.05, 0.1) is 6.04 Å². The number of amides is 3. The summed E-state index contributed by atoms with van der Waals surface area (Å²) in [5.41, 5.74) is 18.2. The molecule has 0 bridgehead atoms. The standard InChI is InChI=1S/C27H38N8O7/c28-17(6-3-11-31-27(29)30)23(38)34-20(13-15-14-32-18-7-2-1-5-16(15)18)24(39)33-19(9-10-22(36)37)25(40)35-12-4-8-21(35)26(41)42/h1-2,5,7,14,17,19-21,32H,3-4,6,8-13,28H2,(H,33,39)(H,34,38)(H,36,37)(H,41,42)(H4,29,30,31). The molecule has 1 aliphatic rings. The summed E-state index contributed by atoms with van der Waals surface area (Å²) in [5, 5.41) is 24.8. The fourth-order valence-corrected chi connectivity index (χ4v) is 4.94. The molecule has 0 aliphatic carbocycles. The molecule has 0 radical (unpaired) electrons. The van der Waals surface area contributed by atoms with E-state index < -0.39 is 60.2 Å². The second kappa shape index (κ2) is 14.8. The summed E-state index contributed by atoms with van der Waals surface area (Å²) in [6.45, 7) is 0.434. The Hall–Kier alpha value is -4.66. The smallest absolute Gasteiger partial charge is 0.326 e. The number of carboxylic acids is 2. The number of para-hydroxylation sites is 1. The molecule has 42 heavy (non-hydrogen) atoms. The molecule has 1 saturated heterocycles. The summed E-state index contributed by atoms with van der Waals surface area (Å²) >= 11 is 0. The van der Waals surface area contributed by atoms with Crippen molar-refractivity contribution in [3.05, 3.63) is 36.0 Å². The fraction of sp³-hybridized carbons (Fsp3) is 0.481. The van der Waals surface area contributed by atoms with Crippen molar-refractivity contribution >= 4 is 46.5 Å². The first-order chi connectivity index (χ1) is 20.0. The van der Waals surface area contributed by atoms with Gasteiger partial charge >= 0.3 is 11.9 Å². The number of H-pyrrole nitrogens is 1. The number of fused-ring (bicyclic) bond motifs is 1. The van der Waals surface area contributed by atoms with E-state index in [1.54, 1.807) is 6.20 Å². The van der Waals surface area contributed by atoms with Crippen LogP contribution in [0.5, 0.6) is 0 Å². The molecule has 11 N–H and O–H groups in total. The zero-order chi connectivity index (χ0) is 30.8. The summed E-state index contributed by atoms with van der Waals surface area (Å²) in [6.07, 6.45) is 2.39. The third-order valence-corrected chi connectivity index (χ3v) is 7.12. The van der Waals surface area contributed by atoms with Crippen LogP contribution in [-0.4, -0.2) is 93.0 Å². The Morgan fingerprint density at radius 3 is 2.45 bits per heavy atom. The van der Waals surface area contributed by atoms with E-state index in [-0.39, 0.29) is 44.7 Å². The monoisotopic (exact) mass is 586 g/mol. The van der Waals surface area contributed by atoms with Gasteiger partial charge in [0, 0.05) is 43.0 Å². The first-order valence-corrected chi connectivity index (χ1v) is 13.7. The molecule has 228 valence electrons. The van der Waals surface area contributed by atoms with Crippen LogP contribution in [0.2, 0.25) is 0 Å². The number of aliphatic carboxylic acids is 2. The number of likely N-dealkylation sites (tertiary alicyclic amines) is 1. The molecule has 15 nitrogen and oxygen atoms in total. The number of nitrogens with two attached hydrogens (primary N) is 3. The highest BCUT2D eigenvalue weighted by molar-refractivity contribution is 5.95. The van der Waals surface area contributed by atoms with Crippen LogP contribution in [0.25, 0.3) is 10.9 Å². The van der Waals surface area contributed by atoms with Gasteiger partial charge in [0.1, 0.15) is 18.1 Å². The molecule has 2 heterocycles. The number of hydrogen-bond donors (Lipinski definition) is 8. The van der Waals surface area contributed by atoms with Gasteiger partial charge < -0.3 is 47.9 Å². The second-order valence-electron chi connectivity index (χ2n) is 10.2. The van der Waals surface area contributed by atoms with Crippen molar-refractivity contribution in [1.82, 2.24) is 20.5 Å². The number of guanidine groups is 1. The molecule has 1 aromatic heterocycles. The summed E-state index contributed by atoms with van der Waals surface area (Å²) < 4.78 is 0. The van der Waals surface area contributed by atoms with Crippen molar-refractivity contribution in [2.24, 2.45) is 22.2 Å². The van der Waals surface area contributed by atoms with Gasteiger partial charge in [-0.1, -0.05) is 18.2 Å². The van der Waals surface area contributed by atoms with Crippen molar-refractivity contribution in [3.8, 4) is 0 Å². The topological polar surface area (TPSA) is 259 Å². The number of rotatable bonds is 15. The first-order valence-electron chi connectivity index (χ1n) is 13.7. The van der Waals surface area contributed by atoms with Gasteiger partial charge in [-0.2, -0.15) is 0 Å². The molecule has 2 aromatic rings. The van der Waals surface area contributed by atoms with E-state index in [4.69, 9.17) is 17.2 Å². The van der Waals surface area contributed by atoms with E-state index >= 15 is 0 Å². The van der Waals surface area contributed by atoms with Gasteiger partial charge in [-0.05, 0) is 43.7 Å². The van der Waals surface area contributed by atoms with Crippen LogP contribution in [0.4, 0.5) is 0 Å². The van der Waals surface area contributed by atoms with Crippen molar-refractivity contribution in [2.45, 2.75) is 69.1 Å². The maximum Gasteiger partial charge on any atom is 0.326 e. The average Bonchev–Trinajstić information content (AvgIpc) is 3.60. The Bertz CT molecular complexity index is 1320. The van der Waals surface area contributed by atoms with Gasteiger partial charge in [0.15, 0.2) is 5.96 Å². The molecule has 1 fully saturated rings. The summed E-state index contributed by atoms with van der Waals surface area (Å²) in [7, 11) is 0. The number of aliphatic imine (C=N–C) groups is 1. The average molecular weight is 587 g/mol. The Balaban J connectivity index is 1.82. The van der Waals surface area contributed by atoms with Crippen LogP contribution in [0.1, 0.15) is 44.1 Å². The highest BCUT2D eigenvalue weighted by Crippen LogP contribution is 2.21. The molecule has 1 aromatic carbocycles. The van der Waals surface area contributed by atoms with Crippen molar-refractivity contribution in [3.63, 3.8) is 0 Å². The number of benzene rings is 1. The normalized spacial score (nSPS) is 16.8. The number of aromatic nitrogens is 1. The Morgan fingerprint density at radius 2 is 1.76 bits per heavy atom. The highest BCUT2D eigenvalue weighted by atomic mass is 16.4. The van der Waals surface area contributed by atoms with Crippen LogP contribution < -0.4 is 27.8 Å². The number of carboxylic acid groups (broad SMARTS) is 2. The van der Waals surface area contributed by atoms with Gasteiger partial charge in [-0.25, -0.2) is 4.79 Å². The van der Waals surface area contributed by atoms with Crippen molar-refractivity contribution < 1.29 is 34.2 Å². The zero-order valence-corrected chi connectivity index (χ0v) is 23.1. The van der Waals surface area contributed by atoms with Gasteiger partial charge in [-0.3, -0.25) is 24.2 Å². The lowest BCUT2D eigenvalue weighted by Gasteiger charge is -2.29. The summed E-state index contributed by atoms with van der Waals surface area (Å²) in [5.74, 6) is -4.49. The fourth-order valence-electron chi connectivity index (χ4n) is 4.94. The van der Waals surface area contributed by atoms with E-state index in [0.29, 0.717) is 18.4 Å². The van der Waals surface area contributed by atoms with Crippen LogP contribution in [0.3, 0.4) is 0 Å². The van der Waals surface area contributed by atoms with Crippen molar-refractivity contribution in [1.29, 1.82) is 0 Å². The second-order valence-corrected chi connectivity index (χ2v) is 10.2. The van der Waals surface area contributed by atoms with E-state index in [1.165, 1.54) is 0 Å². The molecule has 3 rings (SSSR count). The number of aromatic amines is 1. The molecule has 0 spiro atoms. The minimum atomic E-state index is -1.32. The molecule has 3 amide bonds. The SMILES string of the molecule is NC(N)=NCCCC(N)C(=O)NC(Cc1c[nH]c2ccccc12)C(=O)NC(CCC(=O)O)C(=O)N1CCCC1C(=O)O. The van der Waals surface area contributed by atoms with Gasteiger partial charge in [-0.15, -0.1) is 0 Å².